The minimum atomic E-state index is -1.99. The number of carboxylic acid groups (broad SMARTS) is 2. The summed E-state index contributed by atoms with van der Waals surface area (Å²) >= 11 is 3.87. The highest BCUT2D eigenvalue weighted by Crippen LogP contribution is 2.09. The van der Waals surface area contributed by atoms with Crippen molar-refractivity contribution in [2.24, 2.45) is 23.1 Å². The molecule has 0 radical (unpaired) electrons. The second kappa shape index (κ2) is 32.2. The van der Waals surface area contributed by atoms with Crippen molar-refractivity contribution in [2.75, 3.05) is 18.9 Å². The summed E-state index contributed by atoms with van der Waals surface area (Å²) in [5.74, 6) is -15.2. The van der Waals surface area contributed by atoms with Crippen molar-refractivity contribution >= 4 is 89.5 Å². The number of aliphatic carboxylic acids is 2. The van der Waals surface area contributed by atoms with Crippen molar-refractivity contribution < 1.29 is 87.9 Å². The lowest BCUT2D eigenvalue weighted by Gasteiger charge is -2.29. The predicted molar refractivity (Wildman–Crippen MR) is 247 cm³/mol. The molecule has 31 heteroatoms. The molecule has 11 atom stereocenters. The van der Waals surface area contributed by atoms with Crippen LogP contribution in [0.25, 0.3) is 0 Å². The number of carbonyl (C=O) groups excluding carboxylic acids is 11. The van der Waals surface area contributed by atoms with Crippen LogP contribution in [0.4, 0.5) is 0 Å². The maximum Gasteiger partial charge on any atom is 0.303 e. The first-order chi connectivity index (χ1) is 32.9. The lowest BCUT2D eigenvalue weighted by Crippen LogP contribution is -2.63. The Balaban J connectivity index is 6.36. The maximum atomic E-state index is 13.7. The number of carboxylic acids is 2. The summed E-state index contributed by atoms with van der Waals surface area (Å²) in [6, 6.07) is -14.4. The van der Waals surface area contributed by atoms with Crippen molar-refractivity contribution in [3.05, 3.63) is 0 Å². The van der Waals surface area contributed by atoms with Crippen molar-refractivity contribution in [2.45, 2.75) is 146 Å². The summed E-state index contributed by atoms with van der Waals surface area (Å²) in [5.41, 5.74) is 16.0. The first-order valence-corrected chi connectivity index (χ1v) is 22.6. The van der Waals surface area contributed by atoms with Gasteiger partial charge in [-0.2, -0.15) is 12.6 Å². The maximum absolute atomic E-state index is 13.7. The smallest absolute Gasteiger partial charge is 0.303 e. The zero-order valence-electron chi connectivity index (χ0n) is 39.7. The number of amides is 11. The molecule has 0 heterocycles. The number of aliphatic hydroxyl groups is 3. The molecule has 0 aromatic carbocycles. The highest BCUT2D eigenvalue weighted by molar-refractivity contribution is 7.80. The van der Waals surface area contributed by atoms with Crippen LogP contribution in [-0.4, -0.2) is 188 Å². The van der Waals surface area contributed by atoms with E-state index in [0.29, 0.717) is 0 Å². The van der Waals surface area contributed by atoms with E-state index in [0.717, 1.165) is 13.8 Å². The highest BCUT2D eigenvalue weighted by atomic mass is 32.1. The number of hydrogen-bond donors (Lipinski definition) is 18. The van der Waals surface area contributed by atoms with E-state index in [-0.39, 0.29) is 18.1 Å². The topological polar surface area (TPSA) is 509 Å². The van der Waals surface area contributed by atoms with Crippen molar-refractivity contribution in [3.63, 3.8) is 0 Å². The minimum absolute atomic E-state index is 0.0314. The number of rotatable bonds is 34. The van der Waals surface area contributed by atoms with E-state index in [9.17, 15) is 87.9 Å². The summed E-state index contributed by atoms with van der Waals surface area (Å²) in [6.07, 6.45) is -7.25. The molecule has 0 spiro atoms. The number of nitrogens with one attached hydrogen (secondary N) is 9. The number of thiol groups is 1. The Morgan fingerprint density at radius 3 is 1.34 bits per heavy atom. The zero-order valence-corrected chi connectivity index (χ0v) is 40.6. The molecule has 0 bridgehead atoms. The molecular weight excluding hydrogens is 969 g/mol. The number of hydrogen-bond acceptors (Lipinski definition) is 18. The van der Waals surface area contributed by atoms with Crippen LogP contribution < -0.4 is 65.1 Å². The fourth-order valence-electron chi connectivity index (χ4n) is 5.92. The molecule has 0 aromatic heterocycles. The van der Waals surface area contributed by atoms with Crippen LogP contribution in [-0.2, 0) is 62.3 Å². The molecule has 20 N–H and O–H groups in total. The number of carbonyl (C=O) groups is 13. The van der Waals surface area contributed by atoms with E-state index in [1.54, 1.807) is 13.8 Å². The first-order valence-electron chi connectivity index (χ1n) is 22.0. The number of primary amides is 2. The molecule has 0 saturated carbocycles. The summed E-state index contributed by atoms with van der Waals surface area (Å²) in [4.78, 5) is 165. The van der Waals surface area contributed by atoms with Crippen LogP contribution in [0.2, 0.25) is 0 Å². The van der Waals surface area contributed by atoms with Gasteiger partial charge in [0.15, 0.2) is 0 Å². The molecule has 402 valence electrons. The molecule has 0 aliphatic rings. The molecule has 0 rings (SSSR count). The second-order valence-electron chi connectivity index (χ2n) is 16.6. The van der Waals surface area contributed by atoms with Gasteiger partial charge < -0.3 is 90.6 Å². The van der Waals surface area contributed by atoms with Gasteiger partial charge in [0, 0.05) is 25.0 Å². The number of aliphatic hydroxyl groups excluding tert-OH is 3. The average molecular weight is 1040 g/mol. The molecule has 0 unspecified atom stereocenters. The summed E-state index contributed by atoms with van der Waals surface area (Å²) < 4.78 is 0. The third-order valence-corrected chi connectivity index (χ3v) is 10.3. The Hall–Kier alpha value is -6.70. The van der Waals surface area contributed by atoms with E-state index >= 15 is 0 Å². The van der Waals surface area contributed by atoms with E-state index in [2.05, 4.69) is 60.5 Å². The molecule has 0 saturated heterocycles. The highest BCUT2D eigenvalue weighted by Gasteiger charge is 2.37. The van der Waals surface area contributed by atoms with Crippen LogP contribution in [0, 0.1) is 5.92 Å². The van der Waals surface area contributed by atoms with E-state index in [1.807, 2.05) is 0 Å². The Morgan fingerprint density at radius 1 is 0.507 bits per heavy atom. The normalized spacial score (nSPS) is 15.6. The van der Waals surface area contributed by atoms with Gasteiger partial charge in [0.1, 0.15) is 48.3 Å². The van der Waals surface area contributed by atoms with Crippen LogP contribution in [0.3, 0.4) is 0 Å². The number of nitrogens with two attached hydrogens (primary N) is 3. The van der Waals surface area contributed by atoms with Gasteiger partial charge in [-0.3, -0.25) is 62.3 Å². The van der Waals surface area contributed by atoms with Crippen molar-refractivity contribution in [1.29, 1.82) is 0 Å². The van der Waals surface area contributed by atoms with E-state index in [4.69, 9.17) is 17.2 Å². The van der Waals surface area contributed by atoms with Gasteiger partial charge >= 0.3 is 11.9 Å². The third-order valence-electron chi connectivity index (χ3n) is 9.91. The molecular formula is C40H68N12O18S. The Morgan fingerprint density at radius 2 is 0.901 bits per heavy atom. The monoisotopic (exact) mass is 1040 g/mol. The molecule has 30 nitrogen and oxygen atoms in total. The SMILES string of the molecule is CC(C)C[C@H](NC(=O)[C@H](CCC(=O)O)NC(=O)CNC(=O)[C@H](CCC(=O)O)NC(=O)[C@H](CCC(N)=O)NC(=O)[C@@H](NC(=O)[C@@H](NC(=O)[C@H](CO)NC(=O)[C@@H](N)CS)[C@@H](C)O)[C@@H](C)O)C(=O)N[C@@H](C)C(N)=O. The van der Waals surface area contributed by atoms with Gasteiger partial charge in [-0.15, -0.1) is 0 Å². The van der Waals surface area contributed by atoms with Crippen LogP contribution in [0.5, 0.6) is 0 Å². The largest absolute Gasteiger partial charge is 0.481 e. The lowest BCUT2D eigenvalue weighted by atomic mass is 10.0. The van der Waals surface area contributed by atoms with Crippen LogP contribution in [0.15, 0.2) is 0 Å². The van der Waals surface area contributed by atoms with Crippen molar-refractivity contribution in [3.8, 4) is 0 Å². The Bertz CT molecular complexity index is 1920. The molecule has 11 amide bonds. The minimum Gasteiger partial charge on any atom is -0.481 e. The third kappa shape index (κ3) is 25.1. The van der Waals surface area contributed by atoms with Crippen LogP contribution in [0.1, 0.15) is 79.6 Å². The Kier molecular flexibility index (Phi) is 29.2. The van der Waals surface area contributed by atoms with E-state index < -0.39 is 195 Å². The van der Waals surface area contributed by atoms with E-state index in [1.165, 1.54) is 6.92 Å². The Labute approximate surface area is 412 Å². The second-order valence-corrected chi connectivity index (χ2v) is 17.0. The van der Waals surface area contributed by atoms with Gasteiger partial charge in [-0.25, -0.2) is 0 Å². The first kappa shape index (κ1) is 64.3. The summed E-state index contributed by atoms with van der Waals surface area (Å²) in [7, 11) is 0. The van der Waals surface area contributed by atoms with Gasteiger partial charge in [0.2, 0.25) is 65.0 Å². The molecule has 0 fully saturated rings. The standard InChI is InChI=1S/C40H68N12O18S/c1-16(2)12-24(37(67)45-17(3)32(43)62)49-35(65)22(8-11-29(60)61)46-27(57)13-44-34(64)21(7-10-28(58)59)47-36(66)23(6-9-26(42)56)48-39(69)30(18(4)54)52-40(70)31(19(5)55)51-38(68)25(14-53)50-33(63)20(41)15-71/h16-25,30-31,53-55,71H,6-15,41H2,1-5H3,(H2,42,56)(H2,43,62)(H,44,64)(H,45,67)(H,46,57)(H,47,66)(H,48,69)(H,49,65)(H,50,63)(H,51,68)(H,52,70)(H,58,59)(H,60,61)/t17-,18+,19+,20-,21-,22-,23-,24-,25-,30-,31-/m0/s1. The summed E-state index contributed by atoms with van der Waals surface area (Å²) in [6.45, 7) is 4.82. The fraction of sp³-hybridized carbons (Fsp3) is 0.675. The lowest BCUT2D eigenvalue weighted by molar-refractivity contribution is -0.139. The molecule has 71 heavy (non-hydrogen) atoms. The molecule has 0 aliphatic heterocycles. The average Bonchev–Trinajstić information content (AvgIpc) is 3.27. The van der Waals surface area contributed by atoms with Gasteiger partial charge in [-0.1, -0.05) is 13.8 Å². The van der Waals surface area contributed by atoms with Gasteiger partial charge in [-0.05, 0) is 52.4 Å². The quantitative estimate of drug-likeness (QED) is 0.0266. The van der Waals surface area contributed by atoms with Crippen molar-refractivity contribution in [1.82, 2.24) is 47.9 Å². The van der Waals surface area contributed by atoms with Crippen LogP contribution >= 0.6 is 12.6 Å². The fourth-order valence-corrected chi connectivity index (χ4v) is 6.09. The summed E-state index contributed by atoms with van der Waals surface area (Å²) in [5, 5.41) is 68.9. The van der Waals surface area contributed by atoms with Gasteiger partial charge in [0.25, 0.3) is 0 Å². The molecule has 0 aromatic rings. The molecule has 0 aliphatic carbocycles. The zero-order chi connectivity index (χ0) is 54.9. The predicted octanol–water partition coefficient (Wildman–Crippen LogP) is -8.46. The van der Waals surface area contributed by atoms with Gasteiger partial charge in [0.05, 0.1) is 31.4 Å².